The molecule has 15 heavy (non-hydrogen) atoms. The van der Waals surface area contributed by atoms with Crippen LogP contribution < -0.4 is 0 Å². The second kappa shape index (κ2) is 4.21. The first-order chi connectivity index (χ1) is 7.20. The van der Waals surface area contributed by atoms with E-state index in [1.807, 2.05) is 25.1 Å². The van der Waals surface area contributed by atoms with Gasteiger partial charge in [-0.2, -0.15) is 0 Å². The molecule has 5 heteroatoms. The monoisotopic (exact) mass is 241 g/mol. The maximum Gasteiger partial charge on any atom is 0.0853 e. The Morgan fingerprint density at radius 3 is 2.73 bits per heavy atom. The minimum atomic E-state index is -0.156. The Labute approximate surface area is 97.6 Å². The van der Waals surface area contributed by atoms with Gasteiger partial charge in [0.25, 0.3) is 0 Å². The minimum absolute atomic E-state index is 0.156. The van der Waals surface area contributed by atoms with Crippen LogP contribution in [0.4, 0.5) is 0 Å². The summed E-state index contributed by atoms with van der Waals surface area (Å²) in [6.07, 6.45) is 1.64. The van der Waals surface area contributed by atoms with Crippen LogP contribution in [0.25, 0.3) is 5.69 Å². The smallest absolute Gasteiger partial charge is 0.0853 e. The van der Waals surface area contributed by atoms with E-state index >= 15 is 0 Å². The van der Waals surface area contributed by atoms with Crippen molar-refractivity contribution >= 4 is 23.2 Å². The molecule has 0 saturated carbocycles. The molecule has 0 aliphatic heterocycles. The summed E-state index contributed by atoms with van der Waals surface area (Å²) in [7, 11) is 0. The van der Waals surface area contributed by atoms with E-state index in [0.29, 0.717) is 5.02 Å². The van der Waals surface area contributed by atoms with Crippen molar-refractivity contribution in [1.82, 2.24) is 15.0 Å². The highest BCUT2D eigenvalue weighted by Crippen LogP contribution is 2.25. The number of halogens is 2. The van der Waals surface area contributed by atoms with E-state index in [2.05, 4.69) is 10.3 Å². The van der Waals surface area contributed by atoms with Gasteiger partial charge in [-0.15, -0.1) is 16.7 Å². The van der Waals surface area contributed by atoms with Gasteiger partial charge in [0, 0.05) is 0 Å². The fraction of sp³-hybridized carbons (Fsp3) is 0.200. The summed E-state index contributed by atoms with van der Waals surface area (Å²) in [6, 6.07) is 7.44. The molecule has 0 N–H and O–H groups in total. The van der Waals surface area contributed by atoms with Crippen molar-refractivity contribution in [3.63, 3.8) is 0 Å². The van der Waals surface area contributed by atoms with Gasteiger partial charge in [0.05, 0.1) is 28.0 Å². The van der Waals surface area contributed by atoms with Crippen LogP contribution in [0.1, 0.15) is 18.0 Å². The van der Waals surface area contributed by atoms with Gasteiger partial charge >= 0.3 is 0 Å². The summed E-state index contributed by atoms with van der Waals surface area (Å²) in [6.45, 7) is 1.87. The normalized spacial score (nSPS) is 12.7. The van der Waals surface area contributed by atoms with Gasteiger partial charge in [-0.1, -0.05) is 28.9 Å². The molecule has 1 aromatic heterocycles. The summed E-state index contributed by atoms with van der Waals surface area (Å²) in [4.78, 5) is 0. The fourth-order valence-electron chi connectivity index (χ4n) is 1.32. The van der Waals surface area contributed by atoms with Crippen LogP contribution in [0.3, 0.4) is 0 Å². The minimum Gasteiger partial charge on any atom is -0.215 e. The van der Waals surface area contributed by atoms with Gasteiger partial charge in [-0.05, 0) is 19.1 Å². The summed E-state index contributed by atoms with van der Waals surface area (Å²) in [5.74, 6) is 0. The molecule has 0 saturated heterocycles. The van der Waals surface area contributed by atoms with E-state index in [4.69, 9.17) is 23.2 Å². The molecule has 0 amide bonds. The molecule has 0 radical (unpaired) electrons. The molecule has 1 aromatic carbocycles. The van der Waals surface area contributed by atoms with Crippen molar-refractivity contribution in [3.8, 4) is 5.69 Å². The molecule has 2 aromatic rings. The highest BCUT2D eigenvalue weighted by molar-refractivity contribution is 6.32. The Morgan fingerprint density at radius 2 is 2.07 bits per heavy atom. The number of benzene rings is 1. The van der Waals surface area contributed by atoms with Gasteiger partial charge in [0.2, 0.25) is 0 Å². The Kier molecular flexibility index (Phi) is 2.93. The highest BCUT2D eigenvalue weighted by atomic mass is 35.5. The highest BCUT2D eigenvalue weighted by Gasteiger charge is 2.12. The molecule has 0 bridgehead atoms. The van der Waals surface area contributed by atoms with Gasteiger partial charge in [0.15, 0.2) is 0 Å². The molecule has 2 rings (SSSR count). The van der Waals surface area contributed by atoms with E-state index < -0.39 is 0 Å². The van der Waals surface area contributed by atoms with Crippen molar-refractivity contribution in [2.24, 2.45) is 0 Å². The van der Waals surface area contributed by atoms with Crippen LogP contribution in [0.15, 0.2) is 30.5 Å². The maximum absolute atomic E-state index is 6.06. The zero-order valence-electron chi connectivity index (χ0n) is 8.06. The van der Waals surface area contributed by atoms with Crippen LogP contribution in [0.5, 0.6) is 0 Å². The van der Waals surface area contributed by atoms with E-state index in [9.17, 15) is 0 Å². The number of aromatic nitrogens is 3. The molecular formula is C10H9Cl2N3. The fourth-order valence-corrected chi connectivity index (χ4v) is 1.69. The zero-order valence-corrected chi connectivity index (χ0v) is 9.57. The second-order valence-corrected chi connectivity index (χ2v) is 4.20. The Hall–Kier alpha value is -1.06. The van der Waals surface area contributed by atoms with Crippen molar-refractivity contribution in [2.45, 2.75) is 12.3 Å². The molecule has 0 spiro atoms. The third kappa shape index (κ3) is 1.98. The molecule has 1 heterocycles. The van der Waals surface area contributed by atoms with Crippen LogP contribution >= 0.6 is 23.2 Å². The first kappa shape index (κ1) is 10.5. The molecule has 0 aliphatic rings. The summed E-state index contributed by atoms with van der Waals surface area (Å²) in [5.41, 5.74) is 1.61. The second-order valence-electron chi connectivity index (χ2n) is 3.14. The molecular weight excluding hydrogens is 233 g/mol. The lowest BCUT2D eigenvalue weighted by Gasteiger charge is -2.08. The average Bonchev–Trinajstić information content (AvgIpc) is 2.67. The largest absolute Gasteiger partial charge is 0.215 e. The number of para-hydroxylation sites is 1. The number of hydrogen-bond acceptors (Lipinski definition) is 2. The SMILES string of the molecule is CC(Cl)c1cnnn1-c1ccccc1Cl. The van der Waals surface area contributed by atoms with E-state index in [1.165, 1.54) is 0 Å². The lowest BCUT2D eigenvalue weighted by Crippen LogP contribution is -2.03. The quantitative estimate of drug-likeness (QED) is 0.757. The third-order valence-corrected chi connectivity index (χ3v) is 2.61. The maximum atomic E-state index is 6.06. The summed E-state index contributed by atoms with van der Waals surface area (Å²) in [5, 5.41) is 8.27. The van der Waals surface area contributed by atoms with Gasteiger partial charge in [-0.3, -0.25) is 0 Å². The van der Waals surface area contributed by atoms with Crippen molar-refractivity contribution in [3.05, 3.63) is 41.2 Å². The number of hydrogen-bond donors (Lipinski definition) is 0. The molecule has 3 nitrogen and oxygen atoms in total. The average molecular weight is 242 g/mol. The van der Waals surface area contributed by atoms with Crippen molar-refractivity contribution < 1.29 is 0 Å². The Morgan fingerprint density at radius 1 is 1.33 bits per heavy atom. The molecule has 1 atom stereocenters. The molecule has 1 unspecified atom stereocenters. The summed E-state index contributed by atoms with van der Waals surface area (Å²) < 4.78 is 1.65. The predicted octanol–water partition coefficient (Wildman–Crippen LogP) is 3.22. The van der Waals surface area contributed by atoms with E-state index in [1.54, 1.807) is 16.9 Å². The topological polar surface area (TPSA) is 30.7 Å². The summed E-state index contributed by atoms with van der Waals surface area (Å²) >= 11 is 12.1. The first-order valence-corrected chi connectivity index (χ1v) is 5.31. The van der Waals surface area contributed by atoms with Crippen LogP contribution in [0, 0.1) is 0 Å². The van der Waals surface area contributed by atoms with Crippen LogP contribution in [-0.4, -0.2) is 15.0 Å². The number of rotatable bonds is 2. The third-order valence-electron chi connectivity index (χ3n) is 2.06. The van der Waals surface area contributed by atoms with E-state index in [-0.39, 0.29) is 5.38 Å². The van der Waals surface area contributed by atoms with Gasteiger partial charge in [0.1, 0.15) is 0 Å². The Balaban J connectivity index is 2.55. The number of alkyl halides is 1. The van der Waals surface area contributed by atoms with Crippen LogP contribution in [0.2, 0.25) is 5.02 Å². The van der Waals surface area contributed by atoms with Gasteiger partial charge < -0.3 is 0 Å². The Bertz CT molecular complexity index is 465. The number of nitrogens with zero attached hydrogens (tertiary/aromatic N) is 3. The molecule has 0 fully saturated rings. The molecule has 0 aliphatic carbocycles. The lowest BCUT2D eigenvalue weighted by atomic mass is 10.3. The first-order valence-electron chi connectivity index (χ1n) is 4.49. The zero-order chi connectivity index (χ0) is 10.8. The predicted molar refractivity (Wildman–Crippen MR) is 60.6 cm³/mol. The standard InChI is InChI=1S/C10H9Cl2N3/c1-7(11)10-6-13-14-15(10)9-5-3-2-4-8(9)12/h2-7H,1H3. The van der Waals surface area contributed by atoms with Gasteiger partial charge in [-0.25, -0.2) is 4.68 Å². The van der Waals surface area contributed by atoms with Crippen molar-refractivity contribution in [1.29, 1.82) is 0 Å². The molecule has 78 valence electrons. The van der Waals surface area contributed by atoms with Crippen molar-refractivity contribution in [2.75, 3.05) is 0 Å². The lowest BCUT2D eigenvalue weighted by molar-refractivity contribution is 0.761. The van der Waals surface area contributed by atoms with E-state index in [0.717, 1.165) is 11.4 Å². The van der Waals surface area contributed by atoms with Crippen LogP contribution in [-0.2, 0) is 0 Å².